The van der Waals surface area contributed by atoms with E-state index >= 15 is 0 Å². The van der Waals surface area contributed by atoms with Crippen LogP contribution in [-0.2, 0) is 4.79 Å². The summed E-state index contributed by atoms with van der Waals surface area (Å²) in [4.78, 5) is 21.0. The van der Waals surface area contributed by atoms with E-state index in [0.29, 0.717) is 17.6 Å². The monoisotopic (exact) mass is 206 g/mol. The average molecular weight is 206 g/mol. The molecular formula is C11H10O4. The second kappa shape index (κ2) is 4.95. The second-order valence-electron chi connectivity index (χ2n) is 2.75. The highest BCUT2D eigenvalue weighted by Crippen LogP contribution is 2.18. The van der Waals surface area contributed by atoms with E-state index in [-0.39, 0.29) is 5.56 Å². The highest BCUT2D eigenvalue weighted by Gasteiger charge is 2.08. The molecule has 4 nitrogen and oxygen atoms in total. The fourth-order valence-corrected chi connectivity index (χ4v) is 1.14. The fourth-order valence-electron chi connectivity index (χ4n) is 1.14. The highest BCUT2D eigenvalue weighted by molar-refractivity contribution is 5.93. The third kappa shape index (κ3) is 2.67. The van der Waals surface area contributed by atoms with Crippen molar-refractivity contribution in [3.8, 4) is 5.75 Å². The summed E-state index contributed by atoms with van der Waals surface area (Å²) in [7, 11) is 1.49. The lowest BCUT2D eigenvalue weighted by Gasteiger charge is -2.04. The molecule has 4 heteroatoms. The predicted octanol–water partition coefficient (Wildman–Crippen LogP) is 1.61. The van der Waals surface area contributed by atoms with Crippen LogP contribution in [0.3, 0.4) is 0 Å². The summed E-state index contributed by atoms with van der Waals surface area (Å²) in [6.07, 6.45) is 3.26. The third-order valence-corrected chi connectivity index (χ3v) is 1.84. The quantitative estimate of drug-likeness (QED) is 0.600. The van der Waals surface area contributed by atoms with Gasteiger partial charge in [-0.05, 0) is 29.8 Å². The third-order valence-electron chi connectivity index (χ3n) is 1.84. The molecule has 15 heavy (non-hydrogen) atoms. The van der Waals surface area contributed by atoms with Crippen molar-refractivity contribution in [3.05, 3.63) is 35.4 Å². The van der Waals surface area contributed by atoms with Gasteiger partial charge in [-0.15, -0.1) is 0 Å². The Bertz CT molecular complexity index is 407. The van der Waals surface area contributed by atoms with Crippen LogP contribution in [0.4, 0.5) is 0 Å². The summed E-state index contributed by atoms with van der Waals surface area (Å²) in [5.74, 6) is -0.492. The van der Waals surface area contributed by atoms with Crippen molar-refractivity contribution in [2.45, 2.75) is 0 Å². The van der Waals surface area contributed by atoms with E-state index in [0.717, 1.165) is 0 Å². The van der Waals surface area contributed by atoms with Crippen LogP contribution in [0.2, 0.25) is 0 Å². The maximum absolute atomic E-state index is 10.8. The molecule has 0 aromatic heterocycles. The van der Waals surface area contributed by atoms with Gasteiger partial charge in [0.2, 0.25) is 0 Å². The van der Waals surface area contributed by atoms with Crippen LogP contribution in [0.5, 0.6) is 5.75 Å². The summed E-state index contributed by atoms with van der Waals surface area (Å²) in [5, 5.41) is 8.87. The van der Waals surface area contributed by atoms with E-state index in [2.05, 4.69) is 0 Å². The van der Waals surface area contributed by atoms with E-state index in [1.165, 1.54) is 25.3 Å². The standard InChI is InChI=1S/C11H10O4/c1-15-9-4-5-10(11(13)14)8(7-9)3-2-6-12/h2-7H,1H3,(H,13,14). The molecule has 1 aromatic carbocycles. The highest BCUT2D eigenvalue weighted by atomic mass is 16.5. The number of carboxylic acid groups (broad SMARTS) is 1. The first-order chi connectivity index (χ1) is 7.19. The van der Waals surface area contributed by atoms with E-state index in [4.69, 9.17) is 9.84 Å². The number of rotatable bonds is 4. The lowest BCUT2D eigenvalue weighted by atomic mass is 10.1. The van der Waals surface area contributed by atoms with Crippen LogP contribution in [0.1, 0.15) is 15.9 Å². The lowest BCUT2D eigenvalue weighted by Crippen LogP contribution is -1.99. The van der Waals surface area contributed by atoms with Gasteiger partial charge in [0.25, 0.3) is 0 Å². The fraction of sp³-hybridized carbons (Fsp3) is 0.0909. The van der Waals surface area contributed by atoms with E-state index in [9.17, 15) is 9.59 Å². The first-order valence-corrected chi connectivity index (χ1v) is 4.22. The van der Waals surface area contributed by atoms with E-state index < -0.39 is 5.97 Å². The molecule has 0 fully saturated rings. The van der Waals surface area contributed by atoms with Crippen molar-refractivity contribution in [2.75, 3.05) is 7.11 Å². The number of aldehydes is 1. The van der Waals surface area contributed by atoms with Gasteiger partial charge in [-0.25, -0.2) is 4.79 Å². The average Bonchev–Trinajstić information content (AvgIpc) is 2.25. The zero-order valence-electron chi connectivity index (χ0n) is 8.14. The van der Waals surface area contributed by atoms with Crippen LogP contribution in [0, 0.1) is 0 Å². The first kappa shape index (κ1) is 11.0. The first-order valence-electron chi connectivity index (χ1n) is 4.22. The molecule has 0 saturated carbocycles. The van der Waals surface area contributed by atoms with Gasteiger partial charge in [0, 0.05) is 0 Å². The lowest BCUT2D eigenvalue weighted by molar-refractivity contribution is -0.104. The molecule has 0 spiro atoms. The smallest absolute Gasteiger partial charge is 0.336 e. The van der Waals surface area contributed by atoms with Crippen LogP contribution in [0.15, 0.2) is 24.3 Å². The summed E-state index contributed by atoms with van der Waals surface area (Å²) in [5.41, 5.74) is 0.572. The van der Waals surface area contributed by atoms with Crippen LogP contribution >= 0.6 is 0 Å². The Morgan fingerprint density at radius 3 is 2.73 bits per heavy atom. The molecule has 0 unspecified atom stereocenters. The molecular weight excluding hydrogens is 196 g/mol. The Kier molecular flexibility index (Phi) is 3.62. The number of benzene rings is 1. The van der Waals surface area contributed by atoms with Crippen molar-refractivity contribution in [3.63, 3.8) is 0 Å². The molecule has 0 amide bonds. The van der Waals surface area contributed by atoms with Gasteiger partial charge in [-0.3, -0.25) is 4.79 Å². The maximum atomic E-state index is 10.8. The van der Waals surface area contributed by atoms with E-state index in [1.54, 1.807) is 12.1 Å². The van der Waals surface area contributed by atoms with Crippen LogP contribution < -0.4 is 4.74 Å². The van der Waals surface area contributed by atoms with Crippen molar-refractivity contribution in [2.24, 2.45) is 0 Å². The second-order valence-corrected chi connectivity index (χ2v) is 2.75. The SMILES string of the molecule is COc1ccc(C(=O)O)c(C=CC=O)c1. The summed E-state index contributed by atoms with van der Waals surface area (Å²) >= 11 is 0. The van der Waals surface area contributed by atoms with Gasteiger partial charge in [-0.2, -0.15) is 0 Å². The zero-order chi connectivity index (χ0) is 11.3. The Balaban J connectivity index is 3.21. The summed E-state index contributed by atoms with van der Waals surface area (Å²) in [6.45, 7) is 0. The molecule has 0 aliphatic rings. The molecule has 0 atom stereocenters. The molecule has 1 aromatic rings. The minimum atomic E-state index is -1.04. The summed E-state index contributed by atoms with van der Waals surface area (Å²) in [6, 6.07) is 4.55. The molecule has 0 aliphatic carbocycles. The van der Waals surface area contributed by atoms with Crippen LogP contribution in [0.25, 0.3) is 6.08 Å². The number of allylic oxidation sites excluding steroid dienone is 1. The zero-order valence-corrected chi connectivity index (χ0v) is 8.14. The van der Waals surface area contributed by atoms with Gasteiger partial charge < -0.3 is 9.84 Å². The van der Waals surface area contributed by atoms with Gasteiger partial charge in [0.05, 0.1) is 12.7 Å². The number of aromatic carboxylic acids is 1. The van der Waals surface area contributed by atoms with E-state index in [1.807, 2.05) is 0 Å². The maximum Gasteiger partial charge on any atom is 0.336 e. The minimum Gasteiger partial charge on any atom is -0.497 e. The normalized spacial score (nSPS) is 10.2. The molecule has 78 valence electrons. The molecule has 1 N–H and O–H groups in total. The Morgan fingerprint density at radius 2 is 2.20 bits per heavy atom. The van der Waals surface area contributed by atoms with Gasteiger partial charge in [0.15, 0.2) is 0 Å². The topological polar surface area (TPSA) is 63.6 Å². The number of hydrogen-bond donors (Lipinski definition) is 1. The molecule has 0 bridgehead atoms. The predicted molar refractivity (Wildman–Crippen MR) is 55.1 cm³/mol. The van der Waals surface area contributed by atoms with Gasteiger partial charge >= 0.3 is 5.97 Å². The van der Waals surface area contributed by atoms with Gasteiger partial charge in [-0.1, -0.05) is 6.08 Å². The minimum absolute atomic E-state index is 0.133. The Hall–Kier alpha value is -2.10. The van der Waals surface area contributed by atoms with Crippen molar-refractivity contribution < 1.29 is 19.4 Å². The molecule has 0 radical (unpaired) electrons. The molecule has 0 aliphatic heterocycles. The summed E-state index contributed by atoms with van der Waals surface area (Å²) < 4.78 is 4.95. The Labute approximate surface area is 86.8 Å². The van der Waals surface area contributed by atoms with Crippen molar-refractivity contribution in [1.82, 2.24) is 0 Å². The van der Waals surface area contributed by atoms with Gasteiger partial charge in [0.1, 0.15) is 12.0 Å². The molecule has 1 rings (SSSR count). The van der Waals surface area contributed by atoms with Crippen LogP contribution in [-0.4, -0.2) is 24.5 Å². The van der Waals surface area contributed by atoms with Crippen molar-refractivity contribution in [1.29, 1.82) is 0 Å². The molecule has 0 heterocycles. The number of ether oxygens (including phenoxy) is 1. The number of hydrogen-bond acceptors (Lipinski definition) is 3. The number of carbonyl (C=O) groups excluding carboxylic acids is 1. The number of methoxy groups -OCH3 is 1. The largest absolute Gasteiger partial charge is 0.497 e. The Morgan fingerprint density at radius 1 is 1.47 bits per heavy atom. The number of carboxylic acids is 1. The number of carbonyl (C=O) groups is 2. The van der Waals surface area contributed by atoms with Crippen molar-refractivity contribution >= 4 is 18.3 Å². The molecule has 0 saturated heterocycles.